The van der Waals surface area contributed by atoms with E-state index in [-0.39, 0.29) is 45.2 Å². The molecule has 8 nitrogen and oxygen atoms in total. The van der Waals surface area contributed by atoms with Crippen LogP contribution in [-0.4, -0.2) is 37.9 Å². The second kappa shape index (κ2) is 13.5. The van der Waals surface area contributed by atoms with Crippen molar-refractivity contribution in [3.8, 4) is 0 Å². The highest BCUT2D eigenvalue weighted by Gasteiger charge is 2.51. The molecule has 2 unspecified atom stereocenters. The van der Waals surface area contributed by atoms with E-state index < -0.39 is 16.3 Å². The Kier molecular flexibility index (Phi) is 10.6. The normalized spacial score (nSPS) is 17.5. The smallest absolute Gasteiger partial charge is 0.356 e. The summed E-state index contributed by atoms with van der Waals surface area (Å²) in [4.78, 5) is 52.7. The van der Waals surface area contributed by atoms with E-state index in [1.165, 1.54) is 40.9 Å². The molecule has 2 atom stereocenters. The van der Waals surface area contributed by atoms with Gasteiger partial charge in [0, 0.05) is 28.3 Å². The first-order valence-corrected chi connectivity index (χ1v) is 14.8. The van der Waals surface area contributed by atoms with Crippen molar-refractivity contribution in [1.82, 2.24) is 4.90 Å². The Morgan fingerprint density at radius 1 is 1.15 bits per heavy atom. The zero-order valence-corrected chi connectivity index (χ0v) is 25.1. The first kappa shape index (κ1) is 31.4. The summed E-state index contributed by atoms with van der Waals surface area (Å²) in [6.45, 7) is 10.8. The Hall–Kier alpha value is -3.08. The fraction of sp³-hybridized carbons (Fsp3) is 0.345. The van der Waals surface area contributed by atoms with Gasteiger partial charge >= 0.3 is 5.97 Å². The van der Waals surface area contributed by atoms with Crippen molar-refractivity contribution >= 4 is 62.7 Å². The predicted octanol–water partition coefficient (Wildman–Crippen LogP) is 7.08. The monoisotopic (exact) mass is 602 g/mol. The van der Waals surface area contributed by atoms with Crippen LogP contribution in [0.15, 0.2) is 66.9 Å². The number of rotatable bonds is 11. The number of hydrogen-bond donors (Lipinski definition) is 0. The molecule has 40 heavy (non-hydrogen) atoms. The maximum Gasteiger partial charge on any atom is 0.356 e. The quantitative estimate of drug-likeness (QED) is 0.0670. The van der Waals surface area contributed by atoms with Crippen molar-refractivity contribution in [3.05, 3.63) is 93.1 Å². The molecule has 0 N–H and O–H groups in total. The summed E-state index contributed by atoms with van der Waals surface area (Å²) < 4.78 is 5.67. The van der Waals surface area contributed by atoms with Gasteiger partial charge in [0.05, 0.1) is 21.1 Å². The van der Waals surface area contributed by atoms with Gasteiger partial charge in [-0.1, -0.05) is 57.5 Å². The summed E-state index contributed by atoms with van der Waals surface area (Å²) >= 11 is 8.49. The predicted molar refractivity (Wildman–Crippen MR) is 160 cm³/mol. The van der Waals surface area contributed by atoms with E-state index in [2.05, 4.69) is 6.58 Å². The number of ether oxygens (including phenoxy) is 1. The molecule has 0 saturated carbocycles. The molecule has 0 bridgehead atoms. The number of benzene rings is 2. The summed E-state index contributed by atoms with van der Waals surface area (Å²) in [7, 11) is 0. The first-order valence-electron chi connectivity index (χ1n) is 12.6. The Labute approximate surface area is 247 Å². The molecule has 2 aromatic carbocycles. The highest BCUT2D eigenvalue weighted by molar-refractivity contribution is 8.21. The molecule has 3 rings (SSSR count). The third-order valence-corrected chi connectivity index (χ3v) is 9.05. The van der Waals surface area contributed by atoms with Gasteiger partial charge in [-0.05, 0) is 53.6 Å². The molecular formula is C29H31ClN2O6S2. The van der Waals surface area contributed by atoms with Crippen molar-refractivity contribution in [2.24, 2.45) is 11.3 Å². The molecule has 0 radical (unpaired) electrons. The van der Waals surface area contributed by atoms with Crippen LogP contribution in [0.1, 0.15) is 45.2 Å². The van der Waals surface area contributed by atoms with Gasteiger partial charge in [-0.25, -0.2) is 4.79 Å². The zero-order chi connectivity index (χ0) is 29.6. The fourth-order valence-corrected chi connectivity index (χ4v) is 6.20. The molecule has 1 amide bonds. The number of halogens is 1. The van der Waals surface area contributed by atoms with E-state index in [4.69, 9.17) is 16.3 Å². The zero-order valence-electron chi connectivity index (χ0n) is 22.7. The van der Waals surface area contributed by atoms with E-state index in [0.29, 0.717) is 28.3 Å². The Balaban J connectivity index is 2.12. The average Bonchev–Trinajstić information content (AvgIpc) is 2.91. The van der Waals surface area contributed by atoms with Crippen LogP contribution in [0, 0.1) is 21.4 Å². The van der Waals surface area contributed by atoms with Gasteiger partial charge in [0.15, 0.2) is 5.12 Å². The number of carbonyl (C=O) groups excluding carboxylic acids is 3. The number of nitro benzene ring substituents is 1. The molecule has 0 spiro atoms. The van der Waals surface area contributed by atoms with Crippen LogP contribution in [0.3, 0.4) is 0 Å². The van der Waals surface area contributed by atoms with Gasteiger partial charge in [-0.3, -0.25) is 24.6 Å². The van der Waals surface area contributed by atoms with Gasteiger partial charge < -0.3 is 4.74 Å². The maximum atomic E-state index is 13.8. The maximum absolute atomic E-state index is 13.8. The molecule has 1 aliphatic rings. The minimum Gasteiger partial charge on any atom is -0.456 e. The second-order valence-corrected chi connectivity index (χ2v) is 12.6. The van der Waals surface area contributed by atoms with E-state index in [9.17, 15) is 24.5 Å². The van der Waals surface area contributed by atoms with Crippen molar-refractivity contribution in [2.75, 3.05) is 5.75 Å². The van der Waals surface area contributed by atoms with Crippen molar-refractivity contribution in [1.29, 1.82) is 0 Å². The number of likely N-dealkylation sites (tertiary alicyclic amines) is 1. The number of thioether (sulfide) groups is 2. The number of carbonyl (C=O) groups is 3. The van der Waals surface area contributed by atoms with E-state index in [0.717, 1.165) is 11.8 Å². The molecule has 11 heteroatoms. The molecule has 0 aromatic heterocycles. The van der Waals surface area contributed by atoms with Gasteiger partial charge in [-0.15, -0.1) is 18.3 Å². The number of hydrogen-bond acceptors (Lipinski definition) is 8. The standard InChI is InChI=1S/C29H31ClN2O6S2/c1-6-16-39-26-22(7-2)25(33)31(26)23(27(34)38-17-18-8-14-21(15-9-18)32(36)37)24(40-28(35)29(3,4)5)19-10-12-20(30)13-11-19/h6,8-15,22,26H,1,7,16-17H2,2-5H3. The topological polar surface area (TPSA) is 107 Å². The van der Waals surface area contributed by atoms with Gasteiger partial charge in [0.25, 0.3) is 5.69 Å². The lowest BCUT2D eigenvalue weighted by Crippen LogP contribution is -2.59. The van der Waals surface area contributed by atoms with Gasteiger partial charge in [0.2, 0.25) is 5.91 Å². The lowest BCUT2D eigenvalue weighted by atomic mass is 9.94. The van der Waals surface area contributed by atoms with Crippen LogP contribution in [0.2, 0.25) is 5.02 Å². The molecule has 0 aliphatic carbocycles. The third kappa shape index (κ3) is 7.35. The third-order valence-electron chi connectivity index (χ3n) is 6.06. The van der Waals surface area contributed by atoms with Crippen LogP contribution in [0.4, 0.5) is 5.69 Å². The summed E-state index contributed by atoms with van der Waals surface area (Å²) in [5.41, 5.74) is 0.218. The minimum absolute atomic E-state index is 0.0249. The Morgan fingerprint density at radius 2 is 1.77 bits per heavy atom. The highest BCUT2D eigenvalue weighted by Crippen LogP contribution is 2.45. The van der Waals surface area contributed by atoms with Crippen LogP contribution in [-0.2, 0) is 25.7 Å². The number of β-lactam (4-membered cyclic amide) rings is 1. The van der Waals surface area contributed by atoms with Crippen LogP contribution >= 0.6 is 35.1 Å². The van der Waals surface area contributed by atoms with Crippen molar-refractivity contribution in [3.63, 3.8) is 0 Å². The number of amides is 1. The molecule has 1 saturated heterocycles. The van der Waals surface area contributed by atoms with E-state index in [1.54, 1.807) is 51.1 Å². The van der Waals surface area contributed by atoms with Crippen LogP contribution < -0.4 is 0 Å². The van der Waals surface area contributed by atoms with Crippen molar-refractivity contribution < 1.29 is 24.0 Å². The number of esters is 1. The summed E-state index contributed by atoms with van der Waals surface area (Å²) in [5.74, 6) is -0.774. The molecule has 1 aliphatic heterocycles. The number of nitro groups is 1. The van der Waals surface area contributed by atoms with Crippen LogP contribution in [0.25, 0.3) is 4.91 Å². The summed E-state index contributed by atoms with van der Waals surface area (Å²) in [6.07, 6.45) is 2.31. The average molecular weight is 603 g/mol. The summed E-state index contributed by atoms with van der Waals surface area (Å²) in [5, 5.41) is 10.9. The molecule has 212 valence electrons. The Bertz CT molecular complexity index is 1320. The van der Waals surface area contributed by atoms with E-state index >= 15 is 0 Å². The molecule has 1 heterocycles. The van der Waals surface area contributed by atoms with Gasteiger partial charge in [0.1, 0.15) is 12.3 Å². The number of nitrogens with zero attached hydrogens (tertiary/aromatic N) is 2. The Morgan fingerprint density at radius 3 is 2.30 bits per heavy atom. The number of non-ortho nitro benzene ring substituents is 1. The summed E-state index contributed by atoms with van der Waals surface area (Å²) in [6, 6.07) is 12.3. The van der Waals surface area contributed by atoms with Gasteiger partial charge in [-0.2, -0.15) is 0 Å². The van der Waals surface area contributed by atoms with Crippen molar-refractivity contribution in [2.45, 2.75) is 46.1 Å². The highest BCUT2D eigenvalue weighted by atomic mass is 35.5. The molecule has 2 aromatic rings. The molecular weight excluding hydrogens is 572 g/mol. The fourth-order valence-electron chi connectivity index (χ4n) is 3.82. The van der Waals surface area contributed by atoms with E-state index in [1.807, 2.05) is 6.92 Å². The molecule has 1 fully saturated rings. The lowest BCUT2D eigenvalue weighted by molar-refractivity contribution is -0.384. The van der Waals surface area contributed by atoms with Crippen LogP contribution in [0.5, 0.6) is 0 Å². The second-order valence-electron chi connectivity index (χ2n) is 10.1. The lowest BCUT2D eigenvalue weighted by Gasteiger charge is -2.47. The SMILES string of the molecule is C=CCSC1C(CC)C(=O)N1C(C(=O)OCc1ccc([N+](=O)[O-])cc1)=C(SC(=O)C(C)(C)C)c1ccc(Cl)cc1. The first-order chi connectivity index (χ1) is 18.9. The minimum atomic E-state index is -0.787. The largest absolute Gasteiger partial charge is 0.456 e.